The first-order valence-corrected chi connectivity index (χ1v) is 16.2. The molecule has 0 aliphatic carbocycles. The first-order chi connectivity index (χ1) is 21.1. The molecule has 0 radical (unpaired) electrons. The van der Waals surface area contributed by atoms with E-state index in [1.807, 2.05) is 60.7 Å². The normalized spacial score (nSPS) is 11.1. The molecule has 43 heavy (non-hydrogen) atoms. The van der Waals surface area contributed by atoms with Crippen LogP contribution >= 0.6 is 0 Å². The van der Waals surface area contributed by atoms with Crippen LogP contribution in [0.1, 0.15) is 84.5 Å². The summed E-state index contributed by atoms with van der Waals surface area (Å²) in [5.41, 5.74) is 3.79. The summed E-state index contributed by atoms with van der Waals surface area (Å²) in [5, 5.41) is 0. The molecule has 4 rings (SSSR count). The van der Waals surface area contributed by atoms with E-state index < -0.39 is 11.6 Å². The summed E-state index contributed by atoms with van der Waals surface area (Å²) in [6, 6.07) is 26.1. The fourth-order valence-electron chi connectivity index (χ4n) is 5.28. The van der Waals surface area contributed by atoms with Crippen molar-refractivity contribution in [2.45, 2.75) is 84.5 Å². The van der Waals surface area contributed by atoms with Gasteiger partial charge in [0.05, 0.1) is 13.2 Å². The van der Waals surface area contributed by atoms with Gasteiger partial charge in [-0.1, -0.05) is 132 Å². The van der Waals surface area contributed by atoms with Gasteiger partial charge in [0, 0.05) is 11.1 Å². The van der Waals surface area contributed by atoms with Crippen LogP contribution in [0.15, 0.2) is 84.9 Å². The first-order valence-electron chi connectivity index (χ1n) is 16.2. The van der Waals surface area contributed by atoms with Crippen molar-refractivity contribution >= 4 is 0 Å². The zero-order valence-electron chi connectivity index (χ0n) is 25.8. The maximum Gasteiger partial charge on any atom is 0.167 e. The van der Waals surface area contributed by atoms with Gasteiger partial charge in [-0.25, -0.2) is 8.78 Å². The molecule has 0 atom stereocenters. The van der Waals surface area contributed by atoms with Crippen molar-refractivity contribution in [1.82, 2.24) is 0 Å². The first kappa shape index (κ1) is 32.3. The maximum absolute atomic E-state index is 15.3. The highest BCUT2D eigenvalue weighted by Gasteiger charge is 2.16. The molecule has 0 bridgehead atoms. The van der Waals surface area contributed by atoms with Crippen LogP contribution < -0.4 is 9.47 Å². The summed E-state index contributed by atoms with van der Waals surface area (Å²) < 4.78 is 42.2. The van der Waals surface area contributed by atoms with Crippen molar-refractivity contribution in [2.75, 3.05) is 13.2 Å². The molecular weight excluding hydrogens is 538 g/mol. The largest absolute Gasteiger partial charge is 0.494 e. The molecule has 0 saturated carbocycles. The van der Waals surface area contributed by atoms with Gasteiger partial charge in [0.1, 0.15) is 11.5 Å². The molecule has 0 saturated heterocycles. The molecule has 0 amide bonds. The van der Waals surface area contributed by atoms with Gasteiger partial charge < -0.3 is 9.47 Å². The monoisotopic (exact) mass is 584 g/mol. The zero-order chi connectivity index (χ0) is 30.3. The molecule has 0 N–H and O–H groups in total. The van der Waals surface area contributed by atoms with E-state index in [2.05, 4.69) is 13.8 Å². The van der Waals surface area contributed by atoms with E-state index in [4.69, 9.17) is 9.47 Å². The van der Waals surface area contributed by atoms with Gasteiger partial charge in [0.2, 0.25) is 0 Å². The van der Waals surface area contributed by atoms with E-state index in [1.54, 1.807) is 24.3 Å². The number of hydrogen-bond donors (Lipinski definition) is 0. The predicted molar refractivity (Wildman–Crippen MR) is 176 cm³/mol. The zero-order valence-corrected chi connectivity index (χ0v) is 25.8. The lowest BCUT2D eigenvalue weighted by Gasteiger charge is -2.11. The lowest BCUT2D eigenvalue weighted by Crippen LogP contribution is -1.98. The Kier molecular flexibility index (Phi) is 13.1. The highest BCUT2D eigenvalue weighted by atomic mass is 19.2. The second kappa shape index (κ2) is 17.5. The topological polar surface area (TPSA) is 18.5 Å². The van der Waals surface area contributed by atoms with Crippen LogP contribution in [0.25, 0.3) is 33.4 Å². The molecule has 0 aliphatic rings. The van der Waals surface area contributed by atoms with Crippen LogP contribution in [0, 0.1) is 11.6 Å². The van der Waals surface area contributed by atoms with Crippen LogP contribution in [0.3, 0.4) is 0 Å². The molecule has 0 spiro atoms. The van der Waals surface area contributed by atoms with Gasteiger partial charge in [-0.15, -0.1) is 0 Å². The Bertz CT molecular complexity index is 1360. The van der Waals surface area contributed by atoms with Gasteiger partial charge in [0.15, 0.2) is 11.6 Å². The third-order valence-electron chi connectivity index (χ3n) is 7.91. The molecule has 228 valence electrons. The third-order valence-corrected chi connectivity index (χ3v) is 7.91. The van der Waals surface area contributed by atoms with Crippen LogP contribution in [0.4, 0.5) is 8.78 Å². The number of benzene rings is 4. The standard InChI is InChI=1S/C39H46F2O2/c1-3-5-7-9-11-13-29-43-35-24-20-33(21-25-35)37-27-26-36(38(40)39(37)41)32-16-14-30(15-17-32)31-18-22-34(23-19-31)42-28-12-10-8-6-4-2/h14-27H,3-13,28-29H2,1-2H3. The maximum atomic E-state index is 15.3. The number of unbranched alkanes of at least 4 members (excludes halogenated alkanes) is 9. The Morgan fingerprint density at radius 1 is 0.395 bits per heavy atom. The summed E-state index contributed by atoms with van der Waals surface area (Å²) >= 11 is 0. The molecule has 4 aromatic rings. The van der Waals surface area contributed by atoms with Gasteiger partial charge in [-0.2, -0.15) is 0 Å². The van der Waals surface area contributed by atoms with Gasteiger partial charge >= 0.3 is 0 Å². The highest BCUT2D eigenvalue weighted by Crippen LogP contribution is 2.33. The van der Waals surface area contributed by atoms with E-state index in [0.29, 0.717) is 17.7 Å². The Morgan fingerprint density at radius 2 is 0.721 bits per heavy atom. The molecule has 0 aromatic heterocycles. The molecule has 2 nitrogen and oxygen atoms in total. The third kappa shape index (κ3) is 9.68. The van der Waals surface area contributed by atoms with Crippen molar-refractivity contribution in [2.24, 2.45) is 0 Å². The average molecular weight is 585 g/mol. The minimum Gasteiger partial charge on any atom is -0.494 e. The molecule has 4 heteroatoms. The quantitative estimate of drug-likeness (QED) is 0.108. The van der Waals surface area contributed by atoms with E-state index >= 15 is 8.78 Å². The SMILES string of the molecule is CCCCCCCCOc1ccc(-c2ccc(-c3ccc(-c4ccc(OCCCCCCC)cc4)cc3)c(F)c2F)cc1. The Labute approximate surface area is 257 Å². The van der Waals surface area contributed by atoms with Crippen LogP contribution in [0.2, 0.25) is 0 Å². The lowest BCUT2D eigenvalue weighted by molar-refractivity contribution is 0.304. The Balaban J connectivity index is 1.33. The van der Waals surface area contributed by atoms with E-state index in [0.717, 1.165) is 42.1 Å². The number of ether oxygens (including phenoxy) is 2. The molecule has 0 unspecified atom stereocenters. The number of rotatable bonds is 18. The molecule has 0 aliphatic heterocycles. The van der Waals surface area contributed by atoms with E-state index in [-0.39, 0.29) is 11.1 Å². The predicted octanol–water partition coefficient (Wildman–Crippen LogP) is 12.1. The molecule has 4 aromatic carbocycles. The Morgan fingerprint density at radius 3 is 1.14 bits per heavy atom. The van der Waals surface area contributed by atoms with Crippen LogP contribution in [0.5, 0.6) is 11.5 Å². The minimum atomic E-state index is -0.844. The second-order valence-electron chi connectivity index (χ2n) is 11.3. The summed E-state index contributed by atoms with van der Waals surface area (Å²) in [5.74, 6) is -0.0770. The van der Waals surface area contributed by atoms with Gasteiger partial charge in [-0.3, -0.25) is 0 Å². The van der Waals surface area contributed by atoms with Crippen molar-refractivity contribution in [1.29, 1.82) is 0 Å². The fourth-order valence-corrected chi connectivity index (χ4v) is 5.28. The average Bonchev–Trinajstić information content (AvgIpc) is 3.04. The van der Waals surface area contributed by atoms with Crippen molar-refractivity contribution in [3.63, 3.8) is 0 Å². The van der Waals surface area contributed by atoms with Crippen molar-refractivity contribution in [3.05, 3.63) is 96.6 Å². The van der Waals surface area contributed by atoms with Gasteiger partial charge in [-0.05, 0) is 59.4 Å². The summed E-state index contributed by atoms with van der Waals surface area (Å²) in [6.07, 6.45) is 13.3. The molecule has 0 heterocycles. The van der Waals surface area contributed by atoms with Crippen molar-refractivity contribution < 1.29 is 18.3 Å². The second-order valence-corrected chi connectivity index (χ2v) is 11.3. The summed E-state index contributed by atoms with van der Waals surface area (Å²) in [6.45, 7) is 5.84. The van der Waals surface area contributed by atoms with Gasteiger partial charge in [0.25, 0.3) is 0 Å². The number of hydrogen-bond acceptors (Lipinski definition) is 2. The van der Waals surface area contributed by atoms with E-state index in [9.17, 15) is 0 Å². The summed E-state index contributed by atoms with van der Waals surface area (Å²) in [4.78, 5) is 0. The van der Waals surface area contributed by atoms with Crippen molar-refractivity contribution in [3.8, 4) is 44.9 Å². The minimum absolute atomic E-state index is 0.239. The van der Waals surface area contributed by atoms with Crippen LogP contribution in [-0.2, 0) is 0 Å². The smallest absolute Gasteiger partial charge is 0.167 e. The molecule has 0 fully saturated rings. The highest BCUT2D eigenvalue weighted by molar-refractivity contribution is 5.74. The van der Waals surface area contributed by atoms with Crippen LogP contribution in [-0.4, -0.2) is 13.2 Å². The fraction of sp³-hybridized carbons (Fsp3) is 0.385. The lowest BCUT2D eigenvalue weighted by atomic mass is 9.97. The molecular formula is C39H46F2O2. The Hall–Kier alpha value is -3.66. The van der Waals surface area contributed by atoms with E-state index in [1.165, 1.54) is 57.8 Å². The number of halogens is 2. The summed E-state index contributed by atoms with van der Waals surface area (Å²) in [7, 11) is 0.